The average Bonchev–Trinajstić information content (AvgIpc) is 2.32. The third kappa shape index (κ3) is 3.08. The van der Waals surface area contributed by atoms with Crippen molar-refractivity contribution in [2.75, 3.05) is 6.61 Å². The smallest absolute Gasteiger partial charge is 0.408 e. The monoisotopic (exact) mass is 294 g/mol. The molecule has 19 heavy (non-hydrogen) atoms. The normalized spacial score (nSPS) is 20.7. The van der Waals surface area contributed by atoms with Gasteiger partial charge in [0.2, 0.25) is 0 Å². The van der Waals surface area contributed by atoms with E-state index < -0.39 is 29.6 Å². The Labute approximate surface area is 112 Å². The number of benzene rings is 1. The fourth-order valence-electron chi connectivity index (χ4n) is 1.63. The number of nitro benzene ring substituents is 1. The van der Waals surface area contributed by atoms with E-state index >= 15 is 0 Å². The number of nitro groups is 1. The molecule has 0 bridgehead atoms. The van der Waals surface area contributed by atoms with E-state index in [0.717, 1.165) is 12.1 Å². The number of rotatable bonds is 2. The van der Waals surface area contributed by atoms with Gasteiger partial charge >= 0.3 is 12.0 Å². The fraction of sp³-hybridized carbons (Fsp3) is 0.300. The summed E-state index contributed by atoms with van der Waals surface area (Å²) in [5.41, 5.74) is -0.122. The van der Waals surface area contributed by atoms with Gasteiger partial charge in [-0.15, -0.1) is 12.4 Å². The second-order valence-electron chi connectivity index (χ2n) is 3.76. The van der Waals surface area contributed by atoms with E-state index in [9.17, 15) is 23.7 Å². The highest BCUT2D eigenvalue weighted by molar-refractivity contribution is 5.85. The van der Waals surface area contributed by atoms with Gasteiger partial charge in [0.1, 0.15) is 6.04 Å². The number of non-ortho nitro benzene ring substituents is 1. The van der Waals surface area contributed by atoms with Crippen LogP contribution in [-0.4, -0.2) is 23.5 Å². The number of cyclic esters (lactones) is 1. The van der Waals surface area contributed by atoms with Gasteiger partial charge in [-0.2, -0.15) is 0 Å². The molecule has 9 heteroatoms. The summed E-state index contributed by atoms with van der Waals surface area (Å²) in [6, 6.07) is 3.03. The van der Waals surface area contributed by atoms with Crippen LogP contribution in [0.2, 0.25) is 0 Å². The molecule has 0 unspecified atom stereocenters. The number of hydrogen-bond donors (Lipinski definition) is 1. The Bertz CT molecular complexity index is 495. The first-order valence-electron chi connectivity index (χ1n) is 4.95. The molecule has 104 valence electrons. The molecule has 0 spiro atoms. The van der Waals surface area contributed by atoms with Crippen LogP contribution < -0.4 is 5.32 Å². The van der Waals surface area contributed by atoms with E-state index in [1.807, 2.05) is 5.32 Å². The van der Waals surface area contributed by atoms with E-state index in [4.69, 9.17) is 0 Å². The summed E-state index contributed by atoms with van der Waals surface area (Å²) < 4.78 is 31.2. The number of nitrogens with one attached hydrogen (secondary N) is 1. The van der Waals surface area contributed by atoms with Crippen LogP contribution in [0.25, 0.3) is 0 Å². The van der Waals surface area contributed by atoms with Crippen molar-refractivity contribution in [1.29, 1.82) is 0 Å². The van der Waals surface area contributed by atoms with Gasteiger partial charge in [0.15, 0.2) is 6.61 Å². The molecule has 0 aliphatic carbocycles. The molecule has 1 heterocycles. The zero-order valence-corrected chi connectivity index (χ0v) is 10.2. The third-order valence-electron chi connectivity index (χ3n) is 2.52. The highest BCUT2D eigenvalue weighted by atomic mass is 35.5. The van der Waals surface area contributed by atoms with Gasteiger partial charge in [-0.3, -0.25) is 10.1 Å². The van der Waals surface area contributed by atoms with E-state index in [-0.39, 0.29) is 23.7 Å². The van der Waals surface area contributed by atoms with Crippen LogP contribution in [0.3, 0.4) is 0 Å². The number of nitrogens with zero attached hydrogens (tertiary/aromatic N) is 1. The van der Waals surface area contributed by atoms with Crippen molar-refractivity contribution in [3.8, 4) is 0 Å². The maximum atomic E-state index is 13.5. The lowest BCUT2D eigenvalue weighted by Gasteiger charge is -2.31. The lowest BCUT2D eigenvalue weighted by atomic mass is 10.00. The molecule has 1 aliphatic heterocycles. The number of amides is 1. The Balaban J connectivity index is 0.00000180. The van der Waals surface area contributed by atoms with Crippen molar-refractivity contribution in [3.05, 3.63) is 39.9 Å². The summed E-state index contributed by atoms with van der Waals surface area (Å²) in [6.07, 6.45) is -0.940. The van der Waals surface area contributed by atoms with E-state index in [1.54, 1.807) is 0 Å². The topological polar surface area (TPSA) is 81.5 Å². The molecular formula is C10H9ClF2N2O4. The zero-order chi connectivity index (χ0) is 13.3. The molecule has 1 aromatic rings. The predicted molar refractivity (Wildman–Crippen MR) is 62.5 cm³/mol. The Hall–Kier alpha value is -1.96. The minimum absolute atomic E-state index is 0. The summed E-state index contributed by atoms with van der Waals surface area (Å²) in [5.74, 6) is -3.26. The molecule has 1 amide bonds. The number of carbonyl (C=O) groups is 1. The van der Waals surface area contributed by atoms with Crippen LogP contribution in [0.1, 0.15) is 11.6 Å². The first kappa shape index (κ1) is 15.1. The van der Waals surface area contributed by atoms with Gasteiger partial charge in [0, 0.05) is 12.1 Å². The van der Waals surface area contributed by atoms with Gasteiger partial charge in [-0.1, -0.05) is 0 Å². The molecule has 1 saturated heterocycles. The number of hydrogen-bond acceptors (Lipinski definition) is 4. The Kier molecular flexibility index (Phi) is 4.25. The second kappa shape index (κ2) is 5.35. The summed E-state index contributed by atoms with van der Waals surface area (Å²) in [5, 5.41) is 12.4. The van der Waals surface area contributed by atoms with Crippen LogP contribution in [0.5, 0.6) is 0 Å². The Morgan fingerprint density at radius 3 is 2.47 bits per heavy atom. The molecule has 1 fully saturated rings. The van der Waals surface area contributed by atoms with Gasteiger partial charge in [0.25, 0.3) is 5.69 Å². The molecular weight excluding hydrogens is 286 g/mol. The molecule has 1 aliphatic rings. The summed E-state index contributed by atoms with van der Waals surface area (Å²) in [6.45, 7) is -1.01. The fourth-order valence-corrected chi connectivity index (χ4v) is 1.63. The van der Waals surface area contributed by atoms with Crippen molar-refractivity contribution in [3.63, 3.8) is 0 Å². The third-order valence-corrected chi connectivity index (χ3v) is 2.52. The minimum atomic E-state index is -3.26. The van der Waals surface area contributed by atoms with Crippen molar-refractivity contribution >= 4 is 24.2 Å². The molecule has 2 rings (SSSR count). The van der Waals surface area contributed by atoms with Crippen LogP contribution in [0.4, 0.5) is 19.3 Å². The maximum absolute atomic E-state index is 13.5. The van der Waals surface area contributed by atoms with Crippen LogP contribution in [0.15, 0.2) is 24.3 Å². The van der Waals surface area contributed by atoms with Crippen LogP contribution in [-0.2, 0) is 4.74 Å². The molecule has 0 radical (unpaired) electrons. The SMILES string of the molecule is Cl.O=C1N[C@H](c2ccc([N+](=O)[O-])cc2)C(F)(F)CO1. The van der Waals surface area contributed by atoms with Gasteiger partial charge in [-0.05, 0) is 17.7 Å². The minimum Gasteiger partial charge on any atom is -0.443 e. The summed E-state index contributed by atoms with van der Waals surface area (Å²) in [7, 11) is 0. The van der Waals surface area contributed by atoms with Crippen LogP contribution in [0, 0.1) is 10.1 Å². The molecule has 1 aromatic carbocycles. The van der Waals surface area contributed by atoms with E-state index in [1.165, 1.54) is 12.1 Å². The molecule has 6 nitrogen and oxygen atoms in total. The first-order chi connectivity index (χ1) is 8.40. The van der Waals surface area contributed by atoms with Gasteiger partial charge < -0.3 is 10.1 Å². The largest absolute Gasteiger partial charge is 0.443 e. The maximum Gasteiger partial charge on any atom is 0.408 e. The molecule has 0 saturated carbocycles. The summed E-state index contributed by atoms with van der Waals surface area (Å²) in [4.78, 5) is 20.7. The van der Waals surface area contributed by atoms with Crippen molar-refractivity contribution in [2.45, 2.75) is 12.0 Å². The Morgan fingerprint density at radius 2 is 1.95 bits per heavy atom. The van der Waals surface area contributed by atoms with Crippen molar-refractivity contribution in [1.82, 2.24) is 5.32 Å². The lowest BCUT2D eigenvalue weighted by Crippen LogP contribution is -2.49. The van der Waals surface area contributed by atoms with Gasteiger partial charge in [-0.25, -0.2) is 13.6 Å². The average molecular weight is 295 g/mol. The number of carbonyl (C=O) groups excluding carboxylic acids is 1. The highest BCUT2D eigenvalue weighted by Gasteiger charge is 2.46. The van der Waals surface area contributed by atoms with Gasteiger partial charge in [0.05, 0.1) is 4.92 Å². The lowest BCUT2D eigenvalue weighted by molar-refractivity contribution is -0.384. The Morgan fingerprint density at radius 1 is 1.37 bits per heavy atom. The summed E-state index contributed by atoms with van der Waals surface area (Å²) >= 11 is 0. The standard InChI is InChI=1S/C10H8F2N2O4.ClH/c11-10(12)5-18-9(15)13-8(10)6-1-3-7(4-2-6)14(16)17;/h1-4,8H,5H2,(H,13,15);1H/t8-;/m1./s1. The number of ether oxygens (including phenoxy) is 1. The molecule has 0 aromatic heterocycles. The number of alkyl carbamates (subject to hydrolysis) is 1. The van der Waals surface area contributed by atoms with E-state index in [0.29, 0.717) is 0 Å². The highest BCUT2D eigenvalue weighted by Crippen LogP contribution is 2.34. The molecule has 1 atom stereocenters. The van der Waals surface area contributed by atoms with E-state index in [2.05, 4.69) is 4.74 Å². The second-order valence-corrected chi connectivity index (χ2v) is 3.76. The van der Waals surface area contributed by atoms with Crippen molar-refractivity contribution < 1.29 is 23.2 Å². The predicted octanol–water partition coefficient (Wildman–Crippen LogP) is 2.43. The molecule has 1 N–H and O–H groups in total. The first-order valence-corrected chi connectivity index (χ1v) is 4.95. The number of halogens is 3. The van der Waals surface area contributed by atoms with Crippen molar-refractivity contribution in [2.24, 2.45) is 0 Å². The quantitative estimate of drug-likeness (QED) is 0.671. The zero-order valence-electron chi connectivity index (χ0n) is 9.34. The number of alkyl halides is 2. The van der Waals surface area contributed by atoms with Crippen LogP contribution >= 0.6 is 12.4 Å².